The summed E-state index contributed by atoms with van der Waals surface area (Å²) < 4.78 is 49.8. The van der Waals surface area contributed by atoms with Crippen molar-refractivity contribution in [2.45, 2.75) is 9.79 Å². The quantitative estimate of drug-likeness (QED) is 0.629. The molecule has 10 heteroatoms. The van der Waals surface area contributed by atoms with Crippen molar-refractivity contribution in [3.05, 3.63) is 12.1 Å². The molecule has 0 aliphatic rings. The molecule has 1 aromatic rings. The van der Waals surface area contributed by atoms with Gasteiger partial charge in [-0.3, -0.25) is 0 Å². The minimum Gasteiger partial charge on any atom is -0.504 e. The van der Waals surface area contributed by atoms with Crippen molar-refractivity contribution in [2.24, 2.45) is 0 Å². The zero-order valence-electron chi connectivity index (χ0n) is 10.4. The number of hydrogen-bond donors (Lipinski definition) is 3. The Balaban J connectivity index is 3.70. The van der Waals surface area contributed by atoms with E-state index in [0.717, 1.165) is 23.5 Å². The zero-order chi connectivity index (χ0) is 15.0. The van der Waals surface area contributed by atoms with Crippen LogP contribution < -0.4 is 4.72 Å². The normalized spacial score (nSPS) is 12.8. The Hall–Kier alpha value is -1.36. The Morgan fingerprint density at radius 1 is 1.11 bits per heavy atom. The molecule has 0 heterocycles. The maximum Gasteiger partial charge on any atom is 0.246 e. The minimum absolute atomic E-state index is 0.467. The fraction of sp³-hybridized carbons (Fsp3) is 0.333. The summed E-state index contributed by atoms with van der Waals surface area (Å²) in [7, 11) is -4.47. The first-order valence-electron chi connectivity index (χ1n) is 4.96. The number of phenols is 2. The largest absolute Gasteiger partial charge is 0.504 e. The molecule has 0 saturated carbocycles. The van der Waals surface area contributed by atoms with Crippen LogP contribution >= 0.6 is 0 Å². The van der Waals surface area contributed by atoms with Crippen LogP contribution in [0.15, 0.2) is 21.9 Å². The van der Waals surface area contributed by atoms with Gasteiger partial charge in [0.15, 0.2) is 11.5 Å². The van der Waals surface area contributed by atoms with Crippen LogP contribution in [0.5, 0.6) is 11.5 Å². The first-order valence-corrected chi connectivity index (χ1v) is 7.88. The van der Waals surface area contributed by atoms with Crippen LogP contribution in [-0.2, 0) is 20.0 Å². The van der Waals surface area contributed by atoms with E-state index in [-0.39, 0.29) is 0 Å². The van der Waals surface area contributed by atoms with Crippen molar-refractivity contribution in [3.8, 4) is 11.5 Å². The van der Waals surface area contributed by atoms with Gasteiger partial charge in [0.2, 0.25) is 20.0 Å². The molecule has 0 aliphatic heterocycles. The summed E-state index contributed by atoms with van der Waals surface area (Å²) in [6.45, 7) is 0. The van der Waals surface area contributed by atoms with E-state index in [1.807, 2.05) is 4.72 Å². The lowest BCUT2D eigenvalue weighted by Gasteiger charge is -2.14. The highest BCUT2D eigenvalue weighted by molar-refractivity contribution is 7.90. The van der Waals surface area contributed by atoms with Crippen molar-refractivity contribution in [2.75, 3.05) is 21.1 Å². The van der Waals surface area contributed by atoms with Crippen LogP contribution in [-0.4, -0.2) is 52.5 Å². The van der Waals surface area contributed by atoms with Crippen LogP contribution in [0.3, 0.4) is 0 Å². The van der Waals surface area contributed by atoms with Gasteiger partial charge in [-0.15, -0.1) is 0 Å². The highest BCUT2D eigenvalue weighted by atomic mass is 32.2. The average molecular weight is 310 g/mol. The number of benzene rings is 1. The first-order chi connectivity index (χ1) is 8.54. The van der Waals surface area contributed by atoms with Crippen molar-refractivity contribution in [1.29, 1.82) is 0 Å². The summed E-state index contributed by atoms with van der Waals surface area (Å²) in [5.74, 6) is -1.74. The Bertz CT molecular complexity index is 694. The third-order valence-corrected chi connectivity index (χ3v) is 5.59. The molecule has 8 nitrogen and oxygen atoms in total. The summed E-state index contributed by atoms with van der Waals surface area (Å²) in [4.78, 5) is -1.16. The second-order valence-corrected chi connectivity index (χ2v) is 7.79. The molecule has 0 bridgehead atoms. The third kappa shape index (κ3) is 2.81. The number of rotatable bonds is 4. The maximum absolute atomic E-state index is 11.9. The number of nitrogens with zero attached hydrogens (tertiary/aromatic N) is 1. The van der Waals surface area contributed by atoms with Gasteiger partial charge in [-0.1, -0.05) is 0 Å². The van der Waals surface area contributed by atoms with Crippen molar-refractivity contribution in [1.82, 2.24) is 9.03 Å². The molecule has 3 N–H and O–H groups in total. The summed E-state index contributed by atoms with van der Waals surface area (Å²) >= 11 is 0. The summed E-state index contributed by atoms with van der Waals surface area (Å²) in [5, 5.41) is 19.0. The van der Waals surface area contributed by atoms with E-state index in [1.165, 1.54) is 14.1 Å². The highest BCUT2D eigenvalue weighted by Crippen LogP contribution is 2.35. The van der Waals surface area contributed by atoms with E-state index in [4.69, 9.17) is 0 Å². The molecule has 1 aromatic carbocycles. The molecule has 0 atom stereocenters. The number of phenolic OH excluding ortho intramolecular Hbond substituents is 2. The van der Waals surface area contributed by atoms with E-state index in [2.05, 4.69) is 0 Å². The van der Waals surface area contributed by atoms with Gasteiger partial charge in [0.1, 0.15) is 4.90 Å². The lowest BCUT2D eigenvalue weighted by atomic mass is 10.3. The van der Waals surface area contributed by atoms with Crippen molar-refractivity contribution in [3.63, 3.8) is 0 Å². The molecule has 0 saturated heterocycles. The van der Waals surface area contributed by atoms with Crippen LogP contribution in [0, 0.1) is 0 Å². The van der Waals surface area contributed by atoms with E-state index < -0.39 is 41.3 Å². The van der Waals surface area contributed by atoms with Crippen LogP contribution in [0.2, 0.25) is 0 Å². The van der Waals surface area contributed by atoms with Crippen LogP contribution in [0.4, 0.5) is 0 Å². The predicted octanol–water partition coefficient (Wildman–Crippen LogP) is -0.744. The van der Waals surface area contributed by atoms with Gasteiger partial charge in [-0.25, -0.2) is 25.9 Å². The number of sulfonamides is 2. The van der Waals surface area contributed by atoms with Crippen LogP contribution in [0.25, 0.3) is 0 Å². The fourth-order valence-electron chi connectivity index (χ4n) is 1.23. The summed E-state index contributed by atoms with van der Waals surface area (Å²) in [6.07, 6.45) is 0. The van der Waals surface area contributed by atoms with Gasteiger partial charge in [0.05, 0.1) is 4.90 Å². The van der Waals surface area contributed by atoms with Crippen molar-refractivity contribution < 1.29 is 27.0 Å². The zero-order valence-corrected chi connectivity index (χ0v) is 12.1. The Kier molecular flexibility index (Phi) is 4.10. The standard InChI is InChI=1S/C9H14N2O6S2/c1-10-18(14,15)6-4-7(12)9(13)8(5-6)19(16,17)11(2)3/h4-5,10,12-13H,1-3H3. The average Bonchev–Trinajstić information content (AvgIpc) is 2.31. The van der Waals surface area contributed by atoms with E-state index in [1.54, 1.807) is 0 Å². The molecule has 0 aliphatic carbocycles. The molecule has 0 aromatic heterocycles. The van der Waals surface area contributed by atoms with Gasteiger partial charge in [0.25, 0.3) is 0 Å². The number of nitrogens with one attached hydrogen (secondary N) is 1. The molecular weight excluding hydrogens is 296 g/mol. The SMILES string of the molecule is CNS(=O)(=O)c1cc(O)c(O)c(S(=O)(=O)N(C)C)c1. The Labute approximate surface area is 111 Å². The van der Waals surface area contributed by atoms with Gasteiger partial charge < -0.3 is 10.2 Å². The van der Waals surface area contributed by atoms with Crippen molar-refractivity contribution >= 4 is 20.0 Å². The minimum atomic E-state index is -4.09. The molecule has 1 rings (SSSR count). The third-order valence-electron chi connectivity index (χ3n) is 2.37. The Morgan fingerprint density at radius 2 is 1.63 bits per heavy atom. The second-order valence-electron chi connectivity index (χ2n) is 3.78. The topological polar surface area (TPSA) is 124 Å². The molecule has 0 amide bonds. The monoisotopic (exact) mass is 310 g/mol. The summed E-state index contributed by atoms with van der Waals surface area (Å²) in [5.41, 5.74) is 0. The second kappa shape index (κ2) is 4.96. The van der Waals surface area contributed by atoms with Gasteiger partial charge >= 0.3 is 0 Å². The molecule has 0 fully saturated rings. The molecule has 19 heavy (non-hydrogen) atoms. The molecule has 0 radical (unpaired) electrons. The summed E-state index contributed by atoms with van der Waals surface area (Å²) in [6, 6.07) is 1.53. The number of aromatic hydroxyl groups is 2. The lowest BCUT2D eigenvalue weighted by molar-refractivity contribution is 0.389. The molecular formula is C9H14N2O6S2. The van der Waals surface area contributed by atoms with Crippen LogP contribution in [0.1, 0.15) is 0 Å². The van der Waals surface area contributed by atoms with E-state index in [0.29, 0.717) is 0 Å². The van der Waals surface area contributed by atoms with E-state index in [9.17, 15) is 27.0 Å². The maximum atomic E-state index is 11.9. The van der Waals surface area contributed by atoms with Gasteiger partial charge in [0, 0.05) is 20.2 Å². The predicted molar refractivity (Wildman–Crippen MR) is 66.9 cm³/mol. The fourth-order valence-corrected chi connectivity index (χ4v) is 3.10. The van der Waals surface area contributed by atoms with Gasteiger partial charge in [-0.2, -0.15) is 0 Å². The number of hydrogen-bond acceptors (Lipinski definition) is 6. The molecule has 108 valence electrons. The molecule has 0 spiro atoms. The highest BCUT2D eigenvalue weighted by Gasteiger charge is 2.27. The van der Waals surface area contributed by atoms with E-state index >= 15 is 0 Å². The smallest absolute Gasteiger partial charge is 0.246 e. The lowest BCUT2D eigenvalue weighted by Crippen LogP contribution is -2.23. The molecule has 0 unspecified atom stereocenters. The first kappa shape index (κ1) is 15.7. The Morgan fingerprint density at radius 3 is 2.05 bits per heavy atom. The van der Waals surface area contributed by atoms with Gasteiger partial charge in [-0.05, 0) is 13.1 Å².